The molecule has 0 bridgehead atoms. The molecule has 1 amide bonds. The van der Waals surface area contributed by atoms with Gasteiger partial charge in [-0.2, -0.15) is 30.7 Å². The zero-order chi connectivity index (χ0) is 39.7. The van der Waals surface area contributed by atoms with Gasteiger partial charge >= 0.3 is 24.7 Å². The molecular weight excluding hydrogens is 740 g/mol. The summed E-state index contributed by atoms with van der Waals surface area (Å²) in [5.74, 6) is -6.11. The first kappa shape index (κ1) is 41.5. The maximum Gasteiger partial charge on any atom is 0.461 e. The molecule has 0 saturated carbocycles. The zero-order valence-electron chi connectivity index (χ0n) is 28.4. The molecule has 0 aromatic heterocycles. The summed E-state index contributed by atoms with van der Waals surface area (Å²) in [6.07, 6.45) is -13.0. The topological polar surface area (TPSA) is 73.9 Å². The average molecular weight is 774 g/mol. The van der Waals surface area contributed by atoms with Crippen molar-refractivity contribution in [1.82, 2.24) is 5.32 Å². The molecule has 4 aromatic rings. The van der Waals surface area contributed by atoms with E-state index in [2.05, 4.69) is 10.1 Å². The molecule has 16 heteroatoms. The van der Waals surface area contributed by atoms with Gasteiger partial charge in [0.05, 0.1) is 24.3 Å². The Kier molecular flexibility index (Phi) is 13.6. The van der Waals surface area contributed by atoms with Gasteiger partial charge in [0.2, 0.25) is 0 Å². The van der Waals surface area contributed by atoms with Crippen LogP contribution in [0.5, 0.6) is 11.5 Å². The minimum atomic E-state index is -5.22. The Morgan fingerprint density at radius 3 is 2.06 bits per heavy atom. The maximum atomic E-state index is 15.2. The van der Waals surface area contributed by atoms with E-state index in [1.807, 2.05) is 0 Å². The third-order valence-corrected chi connectivity index (χ3v) is 8.06. The molecule has 0 aliphatic carbocycles. The van der Waals surface area contributed by atoms with Crippen molar-refractivity contribution in [3.8, 4) is 11.5 Å². The summed E-state index contributed by atoms with van der Waals surface area (Å²) in [7, 11) is 0. The number of carbonyl (C=O) groups excluding carboxylic acids is 2. The van der Waals surface area contributed by atoms with Gasteiger partial charge in [-0.05, 0) is 97.5 Å². The summed E-state index contributed by atoms with van der Waals surface area (Å²) in [5.41, 5.74) is -4.84. The Morgan fingerprint density at radius 1 is 0.741 bits per heavy atom. The number of halogens is 10. The van der Waals surface area contributed by atoms with Crippen LogP contribution in [0.15, 0.2) is 84.9 Å². The van der Waals surface area contributed by atoms with Crippen LogP contribution in [0.1, 0.15) is 65.2 Å². The lowest BCUT2D eigenvalue weighted by Crippen LogP contribution is -2.49. The van der Waals surface area contributed by atoms with Crippen LogP contribution >= 0.6 is 0 Å². The number of esters is 1. The number of carbonyl (C=O) groups is 2. The third-order valence-electron chi connectivity index (χ3n) is 8.06. The van der Waals surface area contributed by atoms with E-state index in [0.29, 0.717) is 48.8 Å². The Labute approximate surface area is 303 Å². The van der Waals surface area contributed by atoms with Crippen molar-refractivity contribution in [1.29, 1.82) is 0 Å². The van der Waals surface area contributed by atoms with Crippen molar-refractivity contribution in [2.45, 2.75) is 63.3 Å². The van der Waals surface area contributed by atoms with E-state index in [1.54, 1.807) is 6.92 Å². The Morgan fingerprint density at radius 2 is 1.43 bits per heavy atom. The average Bonchev–Trinajstić information content (AvgIpc) is 3.09. The minimum Gasteiger partial charge on any atom is -0.494 e. The second kappa shape index (κ2) is 17.7. The molecule has 0 unspecified atom stereocenters. The van der Waals surface area contributed by atoms with Gasteiger partial charge in [0.15, 0.2) is 0 Å². The highest BCUT2D eigenvalue weighted by Crippen LogP contribution is 2.39. The monoisotopic (exact) mass is 773 g/mol. The standard InChI is InChI=1S/C38H33F10NO5/c1-2-52-33(50)6-4-3-5-17-53-29-14-7-23(8-15-29)22-36(25-10-12-27(39)13-11-25,26-19-28(40)21-30(20-26)54-38(47,48)35(42)43)49-34(51)24-9-16-32(41)31(18-24)37(44,45)46/h7-16,18-21,35H,2-6,17,22H2,1H3,(H,49,51)/t36-/m1/s1. The molecule has 0 fully saturated rings. The fraction of sp³-hybridized carbons (Fsp3) is 0.316. The number of nitrogens with one attached hydrogen (secondary N) is 1. The maximum absolute atomic E-state index is 15.2. The van der Waals surface area contributed by atoms with E-state index < -0.39 is 76.5 Å². The molecule has 4 rings (SSSR count). The van der Waals surface area contributed by atoms with E-state index >= 15 is 4.39 Å². The molecule has 4 aromatic carbocycles. The predicted octanol–water partition coefficient (Wildman–Crippen LogP) is 9.78. The summed E-state index contributed by atoms with van der Waals surface area (Å²) in [6.45, 7) is 2.25. The smallest absolute Gasteiger partial charge is 0.461 e. The molecule has 0 radical (unpaired) electrons. The lowest BCUT2D eigenvalue weighted by molar-refractivity contribution is -0.253. The van der Waals surface area contributed by atoms with Crippen molar-refractivity contribution in [3.05, 3.63) is 130 Å². The normalized spacial score (nSPS) is 13.0. The lowest BCUT2D eigenvalue weighted by Gasteiger charge is -2.37. The van der Waals surface area contributed by atoms with E-state index in [4.69, 9.17) is 9.47 Å². The van der Waals surface area contributed by atoms with Gasteiger partial charge < -0.3 is 19.5 Å². The fourth-order valence-electron chi connectivity index (χ4n) is 5.49. The Hall–Kier alpha value is -5.28. The first-order chi connectivity index (χ1) is 25.4. The van der Waals surface area contributed by atoms with Gasteiger partial charge in [-0.3, -0.25) is 9.59 Å². The molecule has 54 heavy (non-hydrogen) atoms. The van der Waals surface area contributed by atoms with E-state index in [1.165, 1.54) is 24.3 Å². The Balaban J connectivity index is 1.76. The predicted molar refractivity (Wildman–Crippen MR) is 175 cm³/mol. The number of hydrogen-bond acceptors (Lipinski definition) is 5. The highest BCUT2D eigenvalue weighted by Gasteiger charge is 2.45. The van der Waals surface area contributed by atoms with Crippen LogP contribution in [0.25, 0.3) is 0 Å². The van der Waals surface area contributed by atoms with Gasteiger partial charge in [-0.15, -0.1) is 0 Å². The molecule has 1 N–H and O–H groups in total. The molecule has 0 heterocycles. The van der Waals surface area contributed by atoms with Crippen LogP contribution < -0.4 is 14.8 Å². The number of alkyl halides is 7. The van der Waals surface area contributed by atoms with Gasteiger partial charge in [0.25, 0.3) is 5.91 Å². The first-order valence-corrected chi connectivity index (χ1v) is 16.4. The van der Waals surface area contributed by atoms with Gasteiger partial charge in [0.1, 0.15) is 29.0 Å². The van der Waals surface area contributed by atoms with Crippen molar-refractivity contribution < 1.29 is 67.7 Å². The number of rotatable bonds is 17. The highest BCUT2D eigenvalue weighted by atomic mass is 19.4. The second-order valence-electron chi connectivity index (χ2n) is 12.0. The van der Waals surface area contributed by atoms with Gasteiger partial charge in [-0.25, -0.2) is 13.2 Å². The van der Waals surface area contributed by atoms with E-state index in [0.717, 1.165) is 36.4 Å². The van der Waals surface area contributed by atoms with Crippen molar-refractivity contribution >= 4 is 11.9 Å². The molecular formula is C38H33F10NO5. The van der Waals surface area contributed by atoms with E-state index in [-0.39, 0.29) is 37.2 Å². The summed E-state index contributed by atoms with van der Waals surface area (Å²) >= 11 is 0. The largest absolute Gasteiger partial charge is 0.494 e. The summed E-state index contributed by atoms with van der Waals surface area (Å²) in [5, 5.41) is 2.50. The number of unbranched alkanes of at least 4 members (excludes halogenated alkanes) is 2. The number of hydrogen-bond donors (Lipinski definition) is 1. The molecule has 0 spiro atoms. The van der Waals surface area contributed by atoms with Crippen molar-refractivity contribution in [2.24, 2.45) is 0 Å². The van der Waals surface area contributed by atoms with Crippen LogP contribution in [0.2, 0.25) is 0 Å². The number of ether oxygens (including phenoxy) is 3. The quantitative estimate of drug-likeness (QED) is 0.0658. The van der Waals surface area contributed by atoms with Crippen LogP contribution in [0.3, 0.4) is 0 Å². The van der Waals surface area contributed by atoms with Crippen LogP contribution in [0, 0.1) is 17.5 Å². The highest BCUT2D eigenvalue weighted by molar-refractivity contribution is 5.95. The van der Waals surface area contributed by atoms with E-state index in [9.17, 15) is 49.1 Å². The summed E-state index contributed by atoms with van der Waals surface area (Å²) < 4.78 is 153. The second-order valence-corrected chi connectivity index (χ2v) is 12.0. The van der Waals surface area contributed by atoms with Crippen LogP contribution in [0.4, 0.5) is 43.9 Å². The fourth-order valence-corrected chi connectivity index (χ4v) is 5.49. The molecule has 6 nitrogen and oxygen atoms in total. The summed E-state index contributed by atoms with van der Waals surface area (Å²) in [6, 6.07) is 13.3. The van der Waals surface area contributed by atoms with Crippen LogP contribution in [-0.4, -0.2) is 37.6 Å². The van der Waals surface area contributed by atoms with Gasteiger partial charge in [0, 0.05) is 24.5 Å². The molecule has 0 aliphatic rings. The molecule has 0 aliphatic heterocycles. The lowest BCUT2D eigenvalue weighted by atomic mass is 9.77. The zero-order valence-corrected chi connectivity index (χ0v) is 28.4. The number of amides is 1. The Bertz CT molecular complexity index is 1890. The number of benzene rings is 4. The van der Waals surface area contributed by atoms with Gasteiger partial charge in [-0.1, -0.05) is 24.3 Å². The van der Waals surface area contributed by atoms with Crippen molar-refractivity contribution in [3.63, 3.8) is 0 Å². The SMILES string of the molecule is CCOC(=O)CCCCCOc1ccc(C[C@@](NC(=O)c2ccc(F)c(C(F)(F)F)c2)(c2ccc(F)cc2)c2cc(F)cc(OC(F)(F)C(F)F)c2)cc1. The van der Waals surface area contributed by atoms with Crippen LogP contribution in [-0.2, 0) is 27.7 Å². The third kappa shape index (κ3) is 10.9. The minimum absolute atomic E-state index is 0.0595. The summed E-state index contributed by atoms with van der Waals surface area (Å²) in [4.78, 5) is 25.3. The molecule has 290 valence electrons. The molecule has 0 saturated heterocycles. The van der Waals surface area contributed by atoms with Crippen molar-refractivity contribution in [2.75, 3.05) is 13.2 Å². The first-order valence-electron chi connectivity index (χ1n) is 16.4. The molecule has 1 atom stereocenters.